The van der Waals surface area contributed by atoms with E-state index in [0.29, 0.717) is 25.2 Å². The van der Waals surface area contributed by atoms with Gasteiger partial charge in [0.05, 0.1) is 13.2 Å². The minimum atomic E-state index is -0.917. The van der Waals surface area contributed by atoms with E-state index in [2.05, 4.69) is 5.32 Å². The van der Waals surface area contributed by atoms with Gasteiger partial charge in [0.25, 0.3) is 0 Å². The molecule has 1 aliphatic heterocycles. The number of carbonyl (C=O) groups is 1. The molecule has 0 spiro atoms. The second kappa shape index (κ2) is 6.02. The summed E-state index contributed by atoms with van der Waals surface area (Å²) >= 11 is 0. The SMILES string of the molecule is O=C(Cc1ccc(F)c(F)c1)CC1COCCN1. The molecule has 1 heterocycles. The van der Waals surface area contributed by atoms with Crippen molar-refractivity contribution < 1.29 is 18.3 Å². The van der Waals surface area contributed by atoms with Crippen molar-refractivity contribution in [2.75, 3.05) is 19.8 Å². The Hall–Kier alpha value is -1.33. The molecule has 1 aromatic rings. The first-order valence-corrected chi connectivity index (χ1v) is 5.92. The van der Waals surface area contributed by atoms with Gasteiger partial charge in [0.15, 0.2) is 11.6 Å². The molecule has 2 rings (SSSR count). The van der Waals surface area contributed by atoms with Crippen LogP contribution in [-0.2, 0) is 16.0 Å². The van der Waals surface area contributed by atoms with Crippen LogP contribution >= 0.6 is 0 Å². The van der Waals surface area contributed by atoms with Crippen molar-refractivity contribution in [3.05, 3.63) is 35.4 Å². The Kier molecular flexibility index (Phi) is 4.38. The molecule has 5 heteroatoms. The predicted molar refractivity (Wildman–Crippen MR) is 62.3 cm³/mol. The summed E-state index contributed by atoms with van der Waals surface area (Å²) < 4.78 is 30.9. The number of hydrogen-bond acceptors (Lipinski definition) is 3. The Labute approximate surface area is 104 Å². The second-order valence-electron chi connectivity index (χ2n) is 4.39. The van der Waals surface area contributed by atoms with E-state index >= 15 is 0 Å². The van der Waals surface area contributed by atoms with E-state index in [-0.39, 0.29) is 18.2 Å². The molecule has 1 atom stereocenters. The lowest BCUT2D eigenvalue weighted by molar-refractivity contribution is -0.119. The molecular formula is C13H15F2NO2. The van der Waals surface area contributed by atoms with Gasteiger partial charge >= 0.3 is 0 Å². The van der Waals surface area contributed by atoms with E-state index in [9.17, 15) is 13.6 Å². The number of benzene rings is 1. The average Bonchev–Trinajstić information content (AvgIpc) is 2.35. The molecule has 1 saturated heterocycles. The van der Waals surface area contributed by atoms with Crippen LogP contribution in [0, 0.1) is 11.6 Å². The van der Waals surface area contributed by atoms with Gasteiger partial charge < -0.3 is 10.1 Å². The van der Waals surface area contributed by atoms with Gasteiger partial charge in [0.1, 0.15) is 5.78 Å². The smallest absolute Gasteiger partial charge is 0.159 e. The normalized spacial score (nSPS) is 19.8. The molecule has 98 valence electrons. The average molecular weight is 255 g/mol. The summed E-state index contributed by atoms with van der Waals surface area (Å²) in [5.74, 6) is -1.82. The molecule has 1 aromatic carbocycles. The van der Waals surface area contributed by atoms with E-state index in [1.807, 2.05) is 0 Å². The topological polar surface area (TPSA) is 38.3 Å². The highest BCUT2D eigenvalue weighted by atomic mass is 19.2. The number of ketones is 1. The number of halogens is 2. The summed E-state index contributed by atoms with van der Waals surface area (Å²) in [5, 5.41) is 3.18. The molecular weight excluding hydrogens is 240 g/mol. The summed E-state index contributed by atoms with van der Waals surface area (Å²) in [6.07, 6.45) is 0.467. The summed E-state index contributed by atoms with van der Waals surface area (Å²) in [6, 6.07) is 3.57. The first kappa shape index (κ1) is 13.1. The maximum Gasteiger partial charge on any atom is 0.159 e. The Morgan fingerprint density at radius 1 is 1.39 bits per heavy atom. The third-order valence-corrected chi connectivity index (χ3v) is 2.86. The van der Waals surface area contributed by atoms with Crippen molar-refractivity contribution >= 4 is 5.78 Å². The molecule has 1 fully saturated rings. The molecule has 0 saturated carbocycles. The summed E-state index contributed by atoms with van der Waals surface area (Å²) in [7, 11) is 0. The highest BCUT2D eigenvalue weighted by Crippen LogP contribution is 2.11. The molecule has 18 heavy (non-hydrogen) atoms. The van der Waals surface area contributed by atoms with E-state index < -0.39 is 11.6 Å². The number of morpholine rings is 1. The van der Waals surface area contributed by atoms with Crippen molar-refractivity contribution in [3.8, 4) is 0 Å². The van der Waals surface area contributed by atoms with Crippen LogP contribution in [0.4, 0.5) is 8.78 Å². The zero-order valence-corrected chi connectivity index (χ0v) is 9.92. The van der Waals surface area contributed by atoms with Crippen molar-refractivity contribution in [3.63, 3.8) is 0 Å². The molecule has 0 bridgehead atoms. The fourth-order valence-electron chi connectivity index (χ4n) is 1.98. The largest absolute Gasteiger partial charge is 0.379 e. The van der Waals surface area contributed by atoms with Crippen LogP contribution in [0.15, 0.2) is 18.2 Å². The van der Waals surface area contributed by atoms with Gasteiger partial charge in [-0.3, -0.25) is 4.79 Å². The Morgan fingerprint density at radius 2 is 2.22 bits per heavy atom. The lowest BCUT2D eigenvalue weighted by Crippen LogP contribution is -2.42. The standard InChI is InChI=1S/C13H15F2NO2/c14-12-2-1-9(6-13(12)15)5-11(17)7-10-8-18-4-3-16-10/h1-2,6,10,16H,3-5,7-8H2. The predicted octanol–water partition coefficient (Wildman–Crippen LogP) is 1.45. The Morgan fingerprint density at radius 3 is 2.89 bits per heavy atom. The quantitative estimate of drug-likeness (QED) is 0.885. The molecule has 1 N–H and O–H groups in total. The van der Waals surface area contributed by atoms with Gasteiger partial charge in [-0.2, -0.15) is 0 Å². The van der Waals surface area contributed by atoms with Gasteiger partial charge in [-0.25, -0.2) is 8.78 Å². The number of rotatable bonds is 4. The van der Waals surface area contributed by atoms with Crippen LogP contribution < -0.4 is 5.32 Å². The zero-order chi connectivity index (χ0) is 13.0. The maximum absolute atomic E-state index is 13.0. The number of carbonyl (C=O) groups excluding carboxylic acids is 1. The van der Waals surface area contributed by atoms with Gasteiger partial charge in [0.2, 0.25) is 0 Å². The monoisotopic (exact) mass is 255 g/mol. The summed E-state index contributed by atoms with van der Waals surface area (Å²) in [6.45, 7) is 1.92. The first-order chi connectivity index (χ1) is 8.65. The minimum Gasteiger partial charge on any atom is -0.379 e. The fourth-order valence-corrected chi connectivity index (χ4v) is 1.98. The molecule has 0 aliphatic carbocycles. The van der Waals surface area contributed by atoms with Crippen LogP contribution in [0.25, 0.3) is 0 Å². The molecule has 0 amide bonds. The van der Waals surface area contributed by atoms with Crippen LogP contribution in [-0.4, -0.2) is 31.6 Å². The van der Waals surface area contributed by atoms with Crippen molar-refractivity contribution in [1.29, 1.82) is 0 Å². The Balaban J connectivity index is 1.88. The van der Waals surface area contributed by atoms with E-state index in [1.54, 1.807) is 0 Å². The van der Waals surface area contributed by atoms with Gasteiger partial charge in [-0.15, -0.1) is 0 Å². The van der Waals surface area contributed by atoms with E-state index in [0.717, 1.165) is 18.7 Å². The second-order valence-corrected chi connectivity index (χ2v) is 4.39. The van der Waals surface area contributed by atoms with Gasteiger partial charge in [0, 0.05) is 25.4 Å². The maximum atomic E-state index is 13.0. The van der Waals surface area contributed by atoms with Crippen LogP contribution in [0.2, 0.25) is 0 Å². The zero-order valence-electron chi connectivity index (χ0n) is 9.92. The number of Topliss-reactive ketones (excluding diaryl/α,β-unsaturated/α-hetero) is 1. The summed E-state index contributed by atoms with van der Waals surface area (Å²) in [5.41, 5.74) is 0.496. The molecule has 1 unspecified atom stereocenters. The number of hydrogen-bond donors (Lipinski definition) is 1. The third kappa shape index (κ3) is 3.58. The van der Waals surface area contributed by atoms with Crippen LogP contribution in [0.1, 0.15) is 12.0 Å². The first-order valence-electron chi connectivity index (χ1n) is 5.92. The van der Waals surface area contributed by atoms with Gasteiger partial charge in [-0.1, -0.05) is 6.07 Å². The fraction of sp³-hybridized carbons (Fsp3) is 0.462. The van der Waals surface area contributed by atoms with E-state index in [4.69, 9.17) is 4.74 Å². The van der Waals surface area contributed by atoms with Crippen molar-refractivity contribution in [2.24, 2.45) is 0 Å². The van der Waals surface area contributed by atoms with Crippen molar-refractivity contribution in [1.82, 2.24) is 5.32 Å². The lowest BCUT2D eigenvalue weighted by atomic mass is 10.0. The molecule has 0 radical (unpaired) electrons. The molecule has 0 aromatic heterocycles. The van der Waals surface area contributed by atoms with Crippen molar-refractivity contribution in [2.45, 2.75) is 18.9 Å². The minimum absolute atomic E-state index is 0.0102. The summed E-state index contributed by atoms with van der Waals surface area (Å²) in [4.78, 5) is 11.8. The van der Waals surface area contributed by atoms with E-state index in [1.165, 1.54) is 6.07 Å². The third-order valence-electron chi connectivity index (χ3n) is 2.86. The highest BCUT2D eigenvalue weighted by molar-refractivity contribution is 5.81. The molecule has 1 aliphatic rings. The van der Waals surface area contributed by atoms with Gasteiger partial charge in [-0.05, 0) is 17.7 Å². The van der Waals surface area contributed by atoms with Crippen LogP contribution in [0.3, 0.4) is 0 Å². The Bertz CT molecular complexity index is 431. The number of nitrogens with one attached hydrogen (secondary N) is 1. The van der Waals surface area contributed by atoms with Crippen LogP contribution in [0.5, 0.6) is 0 Å². The number of ether oxygens (including phenoxy) is 1. The molecule has 3 nitrogen and oxygen atoms in total. The highest BCUT2D eigenvalue weighted by Gasteiger charge is 2.17. The lowest BCUT2D eigenvalue weighted by Gasteiger charge is -2.23.